The molecule has 0 aromatic heterocycles. The number of ether oxygens (including phenoxy) is 2. The van der Waals surface area contributed by atoms with Gasteiger partial charge in [-0.1, -0.05) is 36.8 Å². The zero-order valence-corrected chi connectivity index (χ0v) is 12.5. The lowest BCUT2D eigenvalue weighted by Gasteiger charge is -2.28. The lowest BCUT2D eigenvalue weighted by molar-refractivity contribution is -0.162. The Morgan fingerprint density at radius 1 is 1.35 bits per heavy atom. The Balaban J connectivity index is 2.37. The second-order valence-electron chi connectivity index (χ2n) is 5.03. The molecule has 0 unspecified atom stereocenters. The summed E-state index contributed by atoms with van der Waals surface area (Å²) in [5.74, 6) is -1.52. The van der Waals surface area contributed by atoms with E-state index in [2.05, 4.69) is 0 Å². The number of sulfone groups is 1. The first-order valence-electron chi connectivity index (χ1n) is 6.61. The van der Waals surface area contributed by atoms with E-state index in [4.69, 9.17) is 9.47 Å². The van der Waals surface area contributed by atoms with Crippen molar-refractivity contribution in [2.75, 3.05) is 24.7 Å². The molecule has 20 heavy (non-hydrogen) atoms. The molecular formula is C14H20O5S. The molecule has 1 aliphatic heterocycles. The van der Waals surface area contributed by atoms with Gasteiger partial charge in [-0.25, -0.2) is 8.42 Å². The van der Waals surface area contributed by atoms with Crippen LogP contribution in [0.2, 0.25) is 0 Å². The second kappa shape index (κ2) is 5.81. The molecule has 1 fully saturated rings. The van der Waals surface area contributed by atoms with Gasteiger partial charge in [0.05, 0.1) is 13.2 Å². The van der Waals surface area contributed by atoms with Crippen LogP contribution in [0.3, 0.4) is 0 Å². The number of hydrogen-bond acceptors (Lipinski definition) is 5. The number of hydrogen-bond donors (Lipinski definition) is 1. The van der Waals surface area contributed by atoms with Gasteiger partial charge in [-0.3, -0.25) is 0 Å². The largest absolute Gasteiger partial charge is 0.394 e. The molecule has 0 aliphatic carbocycles. The molecule has 5 nitrogen and oxygen atoms in total. The van der Waals surface area contributed by atoms with Crippen LogP contribution in [-0.4, -0.2) is 44.3 Å². The van der Waals surface area contributed by atoms with Crippen LogP contribution in [0.4, 0.5) is 0 Å². The SMILES string of the molecule is CCS(=O)(=O)C[C@]1(c2ccc(C)cc2)OC[C@H](CO)O1. The van der Waals surface area contributed by atoms with E-state index in [0.717, 1.165) is 5.56 Å². The molecule has 1 aromatic carbocycles. The number of aryl methyl sites for hydroxylation is 1. The van der Waals surface area contributed by atoms with E-state index in [9.17, 15) is 13.5 Å². The van der Waals surface area contributed by atoms with Crippen LogP contribution in [0, 0.1) is 6.92 Å². The lowest BCUT2D eigenvalue weighted by atomic mass is 10.1. The average molecular weight is 300 g/mol. The van der Waals surface area contributed by atoms with Crippen molar-refractivity contribution in [3.8, 4) is 0 Å². The van der Waals surface area contributed by atoms with Crippen molar-refractivity contribution in [3.63, 3.8) is 0 Å². The van der Waals surface area contributed by atoms with Crippen LogP contribution >= 0.6 is 0 Å². The number of benzene rings is 1. The second-order valence-corrected chi connectivity index (χ2v) is 7.38. The van der Waals surface area contributed by atoms with Gasteiger partial charge in [0, 0.05) is 11.3 Å². The molecule has 112 valence electrons. The summed E-state index contributed by atoms with van der Waals surface area (Å²) >= 11 is 0. The smallest absolute Gasteiger partial charge is 0.209 e. The number of rotatable bonds is 5. The van der Waals surface area contributed by atoms with Crippen molar-refractivity contribution in [2.24, 2.45) is 0 Å². The molecule has 1 aromatic rings. The van der Waals surface area contributed by atoms with Crippen LogP contribution in [0.5, 0.6) is 0 Å². The minimum atomic E-state index is -3.28. The van der Waals surface area contributed by atoms with Gasteiger partial charge >= 0.3 is 0 Å². The fraction of sp³-hybridized carbons (Fsp3) is 0.571. The van der Waals surface area contributed by atoms with E-state index < -0.39 is 21.7 Å². The predicted molar refractivity (Wildman–Crippen MR) is 75.1 cm³/mol. The minimum Gasteiger partial charge on any atom is -0.394 e. The Bertz CT molecular complexity index is 551. The van der Waals surface area contributed by atoms with Crippen LogP contribution in [0.1, 0.15) is 18.1 Å². The van der Waals surface area contributed by atoms with Crippen molar-refractivity contribution >= 4 is 9.84 Å². The average Bonchev–Trinajstić information content (AvgIpc) is 2.83. The van der Waals surface area contributed by atoms with Gasteiger partial charge in [0.2, 0.25) is 5.79 Å². The van der Waals surface area contributed by atoms with Crippen LogP contribution in [0.25, 0.3) is 0 Å². The van der Waals surface area contributed by atoms with Gasteiger partial charge in [0.1, 0.15) is 11.9 Å². The molecular weight excluding hydrogens is 280 g/mol. The molecule has 0 saturated carbocycles. The Morgan fingerprint density at radius 3 is 2.50 bits per heavy atom. The molecule has 0 bridgehead atoms. The highest BCUT2D eigenvalue weighted by atomic mass is 32.2. The van der Waals surface area contributed by atoms with Crippen LogP contribution in [0.15, 0.2) is 24.3 Å². The van der Waals surface area contributed by atoms with Crippen LogP contribution in [-0.2, 0) is 25.1 Å². The zero-order valence-electron chi connectivity index (χ0n) is 11.7. The van der Waals surface area contributed by atoms with Crippen LogP contribution < -0.4 is 0 Å². The highest BCUT2D eigenvalue weighted by Crippen LogP contribution is 2.36. The standard InChI is InChI=1S/C14H20O5S/c1-3-20(16,17)10-14(18-9-13(8-15)19-14)12-6-4-11(2)5-7-12/h4-7,13,15H,3,8-10H2,1-2H3/t13-,14-/m0/s1. The van der Waals surface area contributed by atoms with Gasteiger partial charge in [-0.05, 0) is 6.92 Å². The van der Waals surface area contributed by atoms with Crippen molar-refractivity contribution in [1.29, 1.82) is 0 Å². The van der Waals surface area contributed by atoms with E-state index in [-0.39, 0.29) is 24.7 Å². The highest BCUT2D eigenvalue weighted by Gasteiger charge is 2.46. The predicted octanol–water partition coefficient (Wildman–Crippen LogP) is 0.990. The maximum Gasteiger partial charge on any atom is 0.209 e. The highest BCUT2D eigenvalue weighted by molar-refractivity contribution is 7.91. The number of aliphatic hydroxyl groups is 1. The van der Waals surface area contributed by atoms with Gasteiger partial charge in [0.25, 0.3) is 0 Å². The van der Waals surface area contributed by atoms with E-state index in [1.165, 1.54) is 0 Å². The van der Waals surface area contributed by atoms with Crippen molar-refractivity contribution < 1.29 is 23.0 Å². The van der Waals surface area contributed by atoms with E-state index in [1.807, 2.05) is 19.1 Å². The first kappa shape index (κ1) is 15.4. The molecule has 0 radical (unpaired) electrons. The Hall–Kier alpha value is -0.950. The summed E-state index contributed by atoms with van der Waals surface area (Å²) in [6, 6.07) is 7.38. The maximum absolute atomic E-state index is 12.0. The van der Waals surface area contributed by atoms with Crippen molar-refractivity contribution in [2.45, 2.75) is 25.7 Å². The van der Waals surface area contributed by atoms with Crippen molar-refractivity contribution in [1.82, 2.24) is 0 Å². The van der Waals surface area contributed by atoms with Gasteiger partial charge in [0.15, 0.2) is 9.84 Å². The summed E-state index contributed by atoms with van der Waals surface area (Å²) in [4.78, 5) is 0. The Morgan fingerprint density at radius 2 is 2.00 bits per heavy atom. The first-order chi connectivity index (χ1) is 9.41. The third-order valence-corrected chi connectivity index (χ3v) is 5.10. The molecule has 1 aliphatic rings. The Labute approximate surface area is 119 Å². The number of aliphatic hydroxyl groups excluding tert-OH is 1. The maximum atomic E-state index is 12.0. The Kier molecular flexibility index (Phi) is 4.49. The summed E-state index contributed by atoms with van der Waals surface area (Å²) in [5.41, 5.74) is 1.73. The van der Waals surface area contributed by atoms with Gasteiger partial charge in [-0.2, -0.15) is 0 Å². The molecule has 0 spiro atoms. The summed E-state index contributed by atoms with van der Waals surface area (Å²) in [6.45, 7) is 3.53. The quantitative estimate of drug-likeness (QED) is 0.878. The molecule has 1 saturated heterocycles. The fourth-order valence-electron chi connectivity index (χ4n) is 2.16. The third-order valence-electron chi connectivity index (χ3n) is 3.40. The normalized spacial score (nSPS) is 26.9. The fourth-order valence-corrected chi connectivity index (χ4v) is 3.27. The molecule has 0 amide bonds. The topological polar surface area (TPSA) is 72.8 Å². The summed E-state index contributed by atoms with van der Waals surface area (Å²) in [5, 5.41) is 9.19. The van der Waals surface area contributed by atoms with Gasteiger partial charge in [-0.15, -0.1) is 0 Å². The monoisotopic (exact) mass is 300 g/mol. The molecule has 1 N–H and O–H groups in total. The summed E-state index contributed by atoms with van der Waals surface area (Å²) in [6.07, 6.45) is -0.497. The molecule has 6 heteroatoms. The molecule has 1 heterocycles. The summed E-state index contributed by atoms with van der Waals surface area (Å²) in [7, 11) is -3.28. The first-order valence-corrected chi connectivity index (χ1v) is 8.43. The lowest BCUT2D eigenvalue weighted by Crippen LogP contribution is -2.37. The summed E-state index contributed by atoms with van der Waals surface area (Å²) < 4.78 is 35.3. The zero-order chi connectivity index (χ0) is 14.8. The van der Waals surface area contributed by atoms with Crippen molar-refractivity contribution in [3.05, 3.63) is 35.4 Å². The molecule has 2 rings (SSSR count). The molecule has 2 atom stereocenters. The minimum absolute atomic E-state index is 0.0249. The van der Waals surface area contributed by atoms with E-state index in [1.54, 1.807) is 19.1 Å². The third kappa shape index (κ3) is 3.20. The van der Waals surface area contributed by atoms with E-state index >= 15 is 0 Å². The van der Waals surface area contributed by atoms with Gasteiger partial charge < -0.3 is 14.6 Å². The van der Waals surface area contributed by atoms with E-state index in [0.29, 0.717) is 5.56 Å².